The van der Waals surface area contributed by atoms with Gasteiger partial charge in [-0.1, -0.05) is 49.6 Å². The van der Waals surface area contributed by atoms with Crippen LogP contribution in [-0.4, -0.2) is 57.1 Å². The minimum Gasteiger partial charge on any atom is -0.497 e. The first-order chi connectivity index (χ1) is 17.5. The van der Waals surface area contributed by atoms with Gasteiger partial charge in [0.25, 0.3) is 0 Å². The number of amides is 2. The number of carbonyl (C=O) groups excluding carboxylic acids is 2. The number of nitrogens with zero attached hydrogens (tertiary/aromatic N) is 2. The first-order valence-corrected chi connectivity index (χ1v) is 14.7. The molecule has 0 aromatic heterocycles. The summed E-state index contributed by atoms with van der Waals surface area (Å²) in [5.74, 6) is -0.00823. The van der Waals surface area contributed by atoms with Crippen molar-refractivity contribution in [2.45, 2.75) is 71.5 Å². The summed E-state index contributed by atoms with van der Waals surface area (Å²) in [5.41, 5.74) is 2.99. The van der Waals surface area contributed by atoms with Gasteiger partial charge in [-0.15, -0.1) is 0 Å². The lowest BCUT2D eigenvalue weighted by Gasteiger charge is -2.33. The van der Waals surface area contributed by atoms with Crippen molar-refractivity contribution >= 4 is 27.5 Å². The summed E-state index contributed by atoms with van der Waals surface area (Å²) in [7, 11) is -2.20. The topological polar surface area (TPSA) is 96.0 Å². The molecule has 9 heteroatoms. The minimum absolute atomic E-state index is 0.109. The van der Waals surface area contributed by atoms with Crippen molar-refractivity contribution in [3.05, 3.63) is 59.2 Å². The van der Waals surface area contributed by atoms with E-state index < -0.39 is 28.5 Å². The second-order valence-electron chi connectivity index (χ2n) is 9.85. The molecule has 3 rings (SSSR count). The SMILES string of the molecule is CC[C@@H](C(=O)NC1CCCC1)N(Cc1cccc(OC)c1)C(=O)CN(c1ccc(C)cc1C)S(C)(=O)=O. The zero-order valence-corrected chi connectivity index (χ0v) is 23.3. The highest BCUT2D eigenvalue weighted by Gasteiger charge is 2.33. The van der Waals surface area contributed by atoms with Crippen LogP contribution < -0.4 is 14.4 Å². The summed E-state index contributed by atoms with van der Waals surface area (Å²) in [5, 5.41) is 3.11. The number of hydrogen-bond donors (Lipinski definition) is 1. The average molecular weight is 530 g/mol. The predicted octanol–water partition coefficient (Wildman–Crippen LogP) is 3.94. The standard InChI is InChI=1S/C28H39N3O5S/c1-6-25(28(33)29-23-11-7-8-12-23)30(18-22-10-9-13-24(17-22)36-4)27(32)19-31(37(5,34)35)26-15-14-20(2)16-21(26)3/h9-10,13-17,23,25H,6-8,11-12,18-19H2,1-5H3,(H,29,33)/t25-/m0/s1. The van der Waals surface area contributed by atoms with E-state index in [1.165, 1.54) is 4.90 Å². The van der Waals surface area contributed by atoms with Crippen molar-refractivity contribution in [1.29, 1.82) is 0 Å². The Bertz CT molecular complexity index is 1210. The summed E-state index contributed by atoms with van der Waals surface area (Å²) in [6.45, 7) is 5.36. The molecule has 1 fully saturated rings. The quantitative estimate of drug-likeness (QED) is 0.476. The Labute approximate surface area is 221 Å². The monoisotopic (exact) mass is 529 g/mol. The summed E-state index contributed by atoms with van der Waals surface area (Å²) < 4.78 is 32.1. The number of aryl methyl sites for hydroxylation is 2. The van der Waals surface area contributed by atoms with Crippen molar-refractivity contribution in [2.24, 2.45) is 0 Å². The van der Waals surface area contributed by atoms with Crippen LogP contribution in [0.3, 0.4) is 0 Å². The lowest BCUT2D eigenvalue weighted by molar-refractivity contribution is -0.140. The molecule has 0 saturated heterocycles. The predicted molar refractivity (Wildman–Crippen MR) is 146 cm³/mol. The van der Waals surface area contributed by atoms with Crippen molar-refractivity contribution < 1.29 is 22.7 Å². The first kappa shape index (κ1) is 28.5. The van der Waals surface area contributed by atoms with Gasteiger partial charge in [0, 0.05) is 12.6 Å². The van der Waals surface area contributed by atoms with E-state index in [9.17, 15) is 18.0 Å². The van der Waals surface area contributed by atoms with Crippen LogP contribution in [0.4, 0.5) is 5.69 Å². The summed E-state index contributed by atoms with van der Waals surface area (Å²) in [4.78, 5) is 28.7. The van der Waals surface area contributed by atoms with Crippen molar-refractivity contribution in [3.8, 4) is 5.75 Å². The van der Waals surface area contributed by atoms with Crippen molar-refractivity contribution in [1.82, 2.24) is 10.2 Å². The van der Waals surface area contributed by atoms with Crippen LogP contribution in [-0.2, 0) is 26.2 Å². The lowest BCUT2D eigenvalue weighted by atomic mass is 10.1. The molecule has 1 N–H and O–H groups in total. The number of sulfonamides is 1. The van der Waals surface area contributed by atoms with Crippen LogP contribution in [0.15, 0.2) is 42.5 Å². The fraction of sp³-hybridized carbons (Fsp3) is 0.500. The third-order valence-electron chi connectivity index (χ3n) is 6.87. The zero-order chi connectivity index (χ0) is 27.2. The number of ether oxygens (including phenoxy) is 1. The highest BCUT2D eigenvalue weighted by atomic mass is 32.2. The van der Waals surface area contributed by atoms with Crippen LogP contribution in [0.5, 0.6) is 5.75 Å². The maximum absolute atomic E-state index is 13.9. The number of hydrogen-bond acceptors (Lipinski definition) is 5. The van der Waals surface area contributed by atoms with Gasteiger partial charge in [0.05, 0.1) is 19.1 Å². The maximum atomic E-state index is 13.9. The molecule has 0 aliphatic heterocycles. The fourth-order valence-corrected chi connectivity index (χ4v) is 5.84. The third-order valence-corrected chi connectivity index (χ3v) is 8.00. The molecular weight excluding hydrogens is 490 g/mol. The van der Waals surface area contributed by atoms with Gasteiger partial charge in [-0.25, -0.2) is 8.42 Å². The Hall–Kier alpha value is -3.07. The van der Waals surface area contributed by atoms with Crippen LogP contribution in [0.1, 0.15) is 55.7 Å². The molecule has 2 amide bonds. The number of rotatable bonds is 11. The molecule has 1 saturated carbocycles. The molecule has 37 heavy (non-hydrogen) atoms. The molecule has 0 heterocycles. The third kappa shape index (κ3) is 7.47. The molecule has 1 aliphatic rings. The van der Waals surface area contributed by atoms with Gasteiger partial charge >= 0.3 is 0 Å². The van der Waals surface area contributed by atoms with Gasteiger partial charge in [-0.3, -0.25) is 13.9 Å². The molecule has 0 spiro atoms. The van der Waals surface area contributed by atoms with E-state index in [2.05, 4.69) is 5.32 Å². The van der Waals surface area contributed by atoms with Gasteiger partial charge in [0.2, 0.25) is 21.8 Å². The van der Waals surface area contributed by atoms with Gasteiger partial charge in [0.1, 0.15) is 18.3 Å². The van der Waals surface area contributed by atoms with Gasteiger partial charge < -0.3 is 15.0 Å². The smallest absolute Gasteiger partial charge is 0.244 e. The Morgan fingerprint density at radius 1 is 1.11 bits per heavy atom. The fourth-order valence-electron chi connectivity index (χ4n) is 4.93. The Morgan fingerprint density at radius 2 is 1.81 bits per heavy atom. The molecule has 0 radical (unpaired) electrons. The maximum Gasteiger partial charge on any atom is 0.244 e. The molecule has 1 aliphatic carbocycles. The molecule has 2 aromatic rings. The average Bonchev–Trinajstić information content (AvgIpc) is 3.35. The molecule has 0 unspecified atom stereocenters. The van der Waals surface area contributed by atoms with E-state index in [0.717, 1.165) is 52.9 Å². The lowest BCUT2D eigenvalue weighted by Crippen LogP contribution is -2.53. The van der Waals surface area contributed by atoms with Gasteiger partial charge in [0.15, 0.2) is 0 Å². The molecule has 0 bridgehead atoms. The zero-order valence-electron chi connectivity index (χ0n) is 22.5. The Kier molecular flexibility index (Phi) is 9.59. The van der Waals surface area contributed by atoms with Gasteiger partial charge in [-0.2, -0.15) is 0 Å². The molecule has 1 atom stereocenters. The first-order valence-electron chi connectivity index (χ1n) is 12.8. The van der Waals surface area contributed by atoms with E-state index in [1.807, 2.05) is 57.2 Å². The number of methoxy groups -OCH3 is 1. The number of nitrogens with one attached hydrogen (secondary N) is 1. The molecule has 202 valence electrons. The Morgan fingerprint density at radius 3 is 2.41 bits per heavy atom. The molecule has 2 aromatic carbocycles. The van der Waals surface area contributed by atoms with Crippen LogP contribution in [0, 0.1) is 13.8 Å². The summed E-state index contributed by atoms with van der Waals surface area (Å²) in [6, 6.07) is 12.1. The molecular formula is C28H39N3O5S. The normalized spacial score (nSPS) is 14.7. The van der Waals surface area contributed by atoms with E-state index in [-0.39, 0.29) is 18.5 Å². The Balaban J connectivity index is 1.95. The van der Waals surface area contributed by atoms with Crippen LogP contribution in [0.2, 0.25) is 0 Å². The highest BCUT2D eigenvalue weighted by Crippen LogP contribution is 2.25. The van der Waals surface area contributed by atoms with E-state index in [0.29, 0.717) is 17.9 Å². The number of carbonyl (C=O) groups is 2. The summed E-state index contributed by atoms with van der Waals surface area (Å²) in [6.07, 6.45) is 5.51. The number of benzene rings is 2. The van der Waals surface area contributed by atoms with E-state index in [1.54, 1.807) is 13.2 Å². The second-order valence-corrected chi connectivity index (χ2v) is 11.8. The number of anilines is 1. The van der Waals surface area contributed by atoms with E-state index >= 15 is 0 Å². The summed E-state index contributed by atoms with van der Waals surface area (Å²) >= 11 is 0. The minimum atomic E-state index is -3.77. The second kappa shape index (κ2) is 12.4. The van der Waals surface area contributed by atoms with Crippen LogP contribution >= 0.6 is 0 Å². The van der Waals surface area contributed by atoms with Crippen LogP contribution in [0.25, 0.3) is 0 Å². The van der Waals surface area contributed by atoms with Crippen molar-refractivity contribution in [3.63, 3.8) is 0 Å². The molecule has 8 nitrogen and oxygen atoms in total. The largest absolute Gasteiger partial charge is 0.497 e. The van der Waals surface area contributed by atoms with Gasteiger partial charge in [-0.05, 0) is 62.4 Å². The highest BCUT2D eigenvalue weighted by molar-refractivity contribution is 7.92. The van der Waals surface area contributed by atoms with Crippen molar-refractivity contribution in [2.75, 3.05) is 24.2 Å². The van der Waals surface area contributed by atoms with E-state index in [4.69, 9.17) is 4.74 Å².